The van der Waals surface area contributed by atoms with E-state index in [1.54, 1.807) is 0 Å². The molecule has 4 aromatic rings. The van der Waals surface area contributed by atoms with Crippen LogP contribution < -0.4 is 0 Å². The Balaban J connectivity index is 1.51. The van der Waals surface area contributed by atoms with Crippen molar-refractivity contribution in [2.24, 2.45) is 0 Å². The van der Waals surface area contributed by atoms with Gasteiger partial charge in [0.05, 0.1) is 0 Å². The van der Waals surface area contributed by atoms with Crippen LogP contribution in [0.2, 0.25) is 5.02 Å². The van der Waals surface area contributed by atoms with E-state index < -0.39 is 6.04 Å². The van der Waals surface area contributed by atoms with Crippen LogP contribution in [0.3, 0.4) is 0 Å². The van der Waals surface area contributed by atoms with E-state index >= 15 is 0 Å². The maximum atomic E-state index is 13.5. The van der Waals surface area contributed by atoms with Crippen LogP contribution in [0.15, 0.2) is 54.9 Å². The third kappa shape index (κ3) is 2.84. The van der Waals surface area contributed by atoms with Crippen LogP contribution in [-0.4, -0.2) is 42.5 Å². The number of carbonyl (C=O) groups is 1. The Bertz CT molecular complexity index is 1140. The van der Waals surface area contributed by atoms with Gasteiger partial charge in [-0.1, -0.05) is 41.9 Å². The molecule has 1 N–H and O–H groups in total. The van der Waals surface area contributed by atoms with Gasteiger partial charge in [-0.3, -0.25) is 4.79 Å². The van der Waals surface area contributed by atoms with E-state index in [0.29, 0.717) is 18.1 Å². The van der Waals surface area contributed by atoms with Crippen LogP contribution in [0.1, 0.15) is 22.9 Å². The lowest BCUT2D eigenvalue weighted by Gasteiger charge is -2.30. The summed E-state index contributed by atoms with van der Waals surface area (Å²) in [5, 5.41) is 13.2. The molecule has 0 spiro atoms. The molecule has 0 bridgehead atoms. The normalized spacial score (nSPS) is 14.8. The number of H-pyrrole nitrogens is 1. The number of hydrogen-bond acceptors (Lipinski definition) is 4. The highest BCUT2D eigenvalue weighted by Gasteiger charge is 2.31. The standard InChI is InChI=1S/C20H17ClN6O/c21-14-6-7-17-15(10-14)16-11-26(9-8-18(16)23-17)20(28)19(27-12-22-24-25-27)13-4-2-1-3-5-13/h1-7,10,12,19,23H,8-9,11H2. The number of amides is 1. The summed E-state index contributed by atoms with van der Waals surface area (Å²) in [4.78, 5) is 18.8. The molecule has 0 aliphatic carbocycles. The van der Waals surface area contributed by atoms with E-state index in [0.717, 1.165) is 28.5 Å². The van der Waals surface area contributed by atoms with Crippen molar-refractivity contribution in [2.75, 3.05) is 6.54 Å². The van der Waals surface area contributed by atoms with Crippen LogP contribution in [0.25, 0.3) is 10.9 Å². The fourth-order valence-corrected chi connectivity index (χ4v) is 4.05. The molecule has 140 valence electrons. The van der Waals surface area contributed by atoms with Crippen LogP contribution in [-0.2, 0) is 17.8 Å². The molecule has 1 unspecified atom stereocenters. The molecule has 0 radical (unpaired) electrons. The number of nitrogens with zero attached hydrogens (tertiary/aromatic N) is 5. The number of hydrogen-bond donors (Lipinski definition) is 1. The monoisotopic (exact) mass is 392 g/mol. The second kappa shape index (κ2) is 6.76. The summed E-state index contributed by atoms with van der Waals surface area (Å²) in [6.07, 6.45) is 2.25. The first kappa shape index (κ1) is 16.9. The van der Waals surface area contributed by atoms with Gasteiger partial charge in [-0.05, 0) is 34.2 Å². The van der Waals surface area contributed by atoms with Gasteiger partial charge in [0, 0.05) is 46.7 Å². The van der Waals surface area contributed by atoms with Crippen molar-refractivity contribution < 1.29 is 4.79 Å². The van der Waals surface area contributed by atoms with E-state index in [2.05, 4.69) is 20.5 Å². The molecular formula is C20H17ClN6O. The fourth-order valence-electron chi connectivity index (χ4n) is 3.88. The number of aromatic nitrogens is 5. The van der Waals surface area contributed by atoms with Crippen molar-refractivity contribution in [3.8, 4) is 0 Å². The molecule has 2 aromatic carbocycles. The van der Waals surface area contributed by atoms with Gasteiger partial charge in [0.2, 0.25) is 0 Å². The molecule has 1 aliphatic heterocycles. The first-order valence-corrected chi connectivity index (χ1v) is 9.43. The topological polar surface area (TPSA) is 79.7 Å². The average molecular weight is 393 g/mol. The van der Waals surface area contributed by atoms with E-state index in [9.17, 15) is 4.79 Å². The molecule has 8 heteroatoms. The summed E-state index contributed by atoms with van der Waals surface area (Å²) in [5.74, 6) is -0.0273. The minimum atomic E-state index is -0.591. The lowest BCUT2D eigenvalue weighted by Crippen LogP contribution is -2.41. The zero-order valence-corrected chi connectivity index (χ0v) is 15.7. The largest absolute Gasteiger partial charge is 0.358 e. The van der Waals surface area contributed by atoms with E-state index in [1.165, 1.54) is 16.7 Å². The molecule has 1 aliphatic rings. The third-order valence-corrected chi connectivity index (χ3v) is 5.46. The first-order valence-electron chi connectivity index (χ1n) is 9.06. The number of fused-ring (bicyclic) bond motifs is 3. The Morgan fingerprint density at radius 1 is 1.18 bits per heavy atom. The second-order valence-electron chi connectivity index (χ2n) is 6.88. The number of nitrogens with one attached hydrogen (secondary N) is 1. The summed E-state index contributed by atoms with van der Waals surface area (Å²) in [5.41, 5.74) is 4.19. The summed E-state index contributed by atoms with van der Waals surface area (Å²) < 4.78 is 1.51. The fraction of sp³-hybridized carbons (Fsp3) is 0.200. The van der Waals surface area contributed by atoms with Crippen LogP contribution in [0.5, 0.6) is 0 Å². The maximum absolute atomic E-state index is 13.5. The highest BCUT2D eigenvalue weighted by atomic mass is 35.5. The number of carbonyl (C=O) groups excluding carboxylic acids is 1. The molecule has 28 heavy (non-hydrogen) atoms. The molecule has 0 fully saturated rings. The number of halogens is 1. The van der Waals surface area contributed by atoms with Crippen LogP contribution in [0.4, 0.5) is 0 Å². The molecule has 0 saturated carbocycles. The minimum Gasteiger partial charge on any atom is -0.358 e. The summed E-state index contributed by atoms with van der Waals surface area (Å²) in [6.45, 7) is 1.16. The van der Waals surface area contributed by atoms with Crippen LogP contribution in [0, 0.1) is 0 Å². The molecule has 3 heterocycles. The summed E-state index contributed by atoms with van der Waals surface area (Å²) >= 11 is 6.20. The van der Waals surface area contributed by atoms with Crippen LogP contribution >= 0.6 is 11.6 Å². The third-order valence-electron chi connectivity index (χ3n) is 5.23. The van der Waals surface area contributed by atoms with Crippen molar-refractivity contribution in [3.05, 3.63) is 76.7 Å². The molecule has 5 rings (SSSR count). The average Bonchev–Trinajstić information content (AvgIpc) is 3.36. The van der Waals surface area contributed by atoms with Gasteiger partial charge in [0.1, 0.15) is 6.33 Å². The zero-order valence-electron chi connectivity index (χ0n) is 14.9. The van der Waals surface area contributed by atoms with Crippen molar-refractivity contribution in [2.45, 2.75) is 19.0 Å². The van der Waals surface area contributed by atoms with E-state index in [1.807, 2.05) is 53.4 Å². The lowest BCUT2D eigenvalue weighted by atomic mass is 10.0. The van der Waals surface area contributed by atoms with Crippen molar-refractivity contribution in [3.63, 3.8) is 0 Å². The first-order chi connectivity index (χ1) is 13.7. The molecule has 1 amide bonds. The molecule has 7 nitrogen and oxygen atoms in total. The van der Waals surface area contributed by atoms with E-state index in [4.69, 9.17) is 11.6 Å². The van der Waals surface area contributed by atoms with E-state index in [-0.39, 0.29) is 5.91 Å². The second-order valence-corrected chi connectivity index (χ2v) is 7.32. The Morgan fingerprint density at radius 3 is 2.82 bits per heavy atom. The Morgan fingerprint density at radius 2 is 2.04 bits per heavy atom. The highest BCUT2D eigenvalue weighted by molar-refractivity contribution is 6.31. The Labute approximate surface area is 165 Å². The van der Waals surface area contributed by atoms with Gasteiger partial charge < -0.3 is 9.88 Å². The number of tetrazole rings is 1. The van der Waals surface area contributed by atoms with Gasteiger partial charge in [-0.2, -0.15) is 0 Å². The van der Waals surface area contributed by atoms with Crippen molar-refractivity contribution in [1.29, 1.82) is 0 Å². The molecular weight excluding hydrogens is 376 g/mol. The van der Waals surface area contributed by atoms with Crippen molar-refractivity contribution >= 4 is 28.4 Å². The number of benzene rings is 2. The Hall–Kier alpha value is -3.19. The number of aromatic amines is 1. The van der Waals surface area contributed by atoms with Gasteiger partial charge in [-0.25, -0.2) is 4.68 Å². The summed E-state index contributed by atoms with van der Waals surface area (Å²) in [6, 6.07) is 14.8. The molecule has 0 saturated heterocycles. The molecule has 1 atom stereocenters. The smallest absolute Gasteiger partial charge is 0.252 e. The lowest BCUT2D eigenvalue weighted by molar-refractivity contribution is -0.134. The quantitative estimate of drug-likeness (QED) is 0.581. The SMILES string of the molecule is O=C(C(c1ccccc1)n1cnnn1)N1CCc2[nH]c3ccc(Cl)cc3c2C1. The predicted octanol–water partition coefficient (Wildman–Crippen LogP) is 2.98. The van der Waals surface area contributed by atoms with Gasteiger partial charge in [0.25, 0.3) is 5.91 Å². The zero-order chi connectivity index (χ0) is 19.1. The van der Waals surface area contributed by atoms with Gasteiger partial charge in [0.15, 0.2) is 6.04 Å². The predicted molar refractivity (Wildman–Crippen MR) is 105 cm³/mol. The number of rotatable bonds is 3. The minimum absolute atomic E-state index is 0.0273. The van der Waals surface area contributed by atoms with Gasteiger partial charge in [-0.15, -0.1) is 5.10 Å². The Kier molecular flexibility index (Phi) is 4.09. The molecule has 2 aromatic heterocycles. The highest BCUT2D eigenvalue weighted by Crippen LogP contribution is 2.31. The summed E-state index contributed by atoms with van der Waals surface area (Å²) in [7, 11) is 0. The van der Waals surface area contributed by atoms with Crippen molar-refractivity contribution in [1.82, 2.24) is 30.1 Å². The van der Waals surface area contributed by atoms with Gasteiger partial charge >= 0.3 is 0 Å². The maximum Gasteiger partial charge on any atom is 0.252 e.